The van der Waals surface area contributed by atoms with Gasteiger partial charge >= 0.3 is 0 Å². The van der Waals surface area contributed by atoms with E-state index in [4.69, 9.17) is 0 Å². The number of nitrogens with one attached hydrogen (secondary N) is 2. The van der Waals surface area contributed by atoms with Gasteiger partial charge < -0.3 is 15.5 Å². The first-order valence-electron chi connectivity index (χ1n) is 11.4. The fourth-order valence-corrected chi connectivity index (χ4v) is 4.93. The molecule has 30 heavy (non-hydrogen) atoms. The van der Waals surface area contributed by atoms with Gasteiger partial charge in [0, 0.05) is 25.2 Å². The zero-order valence-electron chi connectivity index (χ0n) is 18.1. The van der Waals surface area contributed by atoms with Gasteiger partial charge in [-0.25, -0.2) is 0 Å². The second-order valence-corrected chi connectivity index (χ2v) is 9.33. The molecule has 3 amide bonds. The van der Waals surface area contributed by atoms with Crippen LogP contribution in [0.4, 0.5) is 0 Å². The molecule has 0 radical (unpaired) electrons. The van der Waals surface area contributed by atoms with Gasteiger partial charge in [0.05, 0.1) is 6.54 Å². The zero-order valence-corrected chi connectivity index (χ0v) is 18.1. The van der Waals surface area contributed by atoms with Crippen LogP contribution in [0.25, 0.3) is 0 Å². The molecule has 2 N–H and O–H groups in total. The van der Waals surface area contributed by atoms with Gasteiger partial charge in [0.2, 0.25) is 5.91 Å². The van der Waals surface area contributed by atoms with Gasteiger partial charge in [0.1, 0.15) is 11.2 Å². The van der Waals surface area contributed by atoms with Crippen molar-refractivity contribution in [1.82, 2.24) is 25.3 Å². The summed E-state index contributed by atoms with van der Waals surface area (Å²) in [5.74, 6) is -0.682. The van der Waals surface area contributed by atoms with Crippen LogP contribution in [0.2, 0.25) is 0 Å². The molecule has 2 aliphatic carbocycles. The molecule has 2 heterocycles. The van der Waals surface area contributed by atoms with Crippen molar-refractivity contribution in [2.75, 3.05) is 7.05 Å². The Hall–Kier alpha value is -2.38. The Balaban J connectivity index is 1.49. The summed E-state index contributed by atoms with van der Waals surface area (Å²) < 4.78 is 1.53. The second kappa shape index (κ2) is 8.40. The molecule has 0 unspecified atom stereocenters. The topological polar surface area (TPSA) is 96.3 Å². The quantitative estimate of drug-likeness (QED) is 0.737. The van der Waals surface area contributed by atoms with Crippen molar-refractivity contribution >= 4 is 17.7 Å². The van der Waals surface area contributed by atoms with E-state index in [0.717, 1.165) is 51.4 Å². The Kier molecular flexibility index (Phi) is 5.84. The average Bonchev–Trinajstić information content (AvgIpc) is 3.31. The lowest BCUT2D eigenvalue weighted by Crippen LogP contribution is -2.63. The van der Waals surface area contributed by atoms with Crippen LogP contribution in [0, 0.1) is 0 Å². The Labute approximate surface area is 177 Å². The maximum atomic E-state index is 13.1. The van der Waals surface area contributed by atoms with Crippen LogP contribution in [0.3, 0.4) is 0 Å². The van der Waals surface area contributed by atoms with Gasteiger partial charge in [-0.1, -0.05) is 38.5 Å². The van der Waals surface area contributed by atoms with E-state index in [2.05, 4.69) is 15.7 Å². The van der Waals surface area contributed by atoms with Crippen LogP contribution in [0.15, 0.2) is 6.07 Å². The largest absolute Gasteiger partial charge is 0.351 e. The summed E-state index contributed by atoms with van der Waals surface area (Å²) in [5, 5.41) is 10.6. The lowest BCUT2D eigenvalue weighted by Gasteiger charge is -2.41. The summed E-state index contributed by atoms with van der Waals surface area (Å²) in [4.78, 5) is 40.3. The number of carbonyl (C=O) groups is 3. The smallest absolute Gasteiger partial charge is 0.272 e. The van der Waals surface area contributed by atoms with Gasteiger partial charge in [0.25, 0.3) is 11.8 Å². The third-order valence-electron chi connectivity index (χ3n) is 7.10. The maximum Gasteiger partial charge on any atom is 0.272 e. The number of amides is 3. The monoisotopic (exact) mass is 415 g/mol. The molecule has 0 aromatic carbocycles. The molecular weight excluding hydrogens is 382 g/mol. The molecule has 164 valence electrons. The first kappa shape index (κ1) is 20.9. The third kappa shape index (κ3) is 3.96. The number of hydrogen-bond acceptors (Lipinski definition) is 4. The van der Waals surface area contributed by atoms with E-state index in [9.17, 15) is 14.4 Å². The van der Waals surface area contributed by atoms with Gasteiger partial charge in [-0.3, -0.25) is 19.1 Å². The molecule has 1 aromatic heterocycles. The molecule has 0 spiro atoms. The molecule has 1 aromatic rings. The highest BCUT2D eigenvalue weighted by Gasteiger charge is 2.47. The summed E-state index contributed by atoms with van der Waals surface area (Å²) in [7, 11) is 1.65. The predicted molar refractivity (Wildman–Crippen MR) is 112 cm³/mol. The van der Waals surface area contributed by atoms with Crippen molar-refractivity contribution < 1.29 is 14.4 Å². The van der Waals surface area contributed by atoms with Crippen molar-refractivity contribution in [3.05, 3.63) is 17.5 Å². The van der Waals surface area contributed by atoms with E-state index >= 15 is 0 Å². The Morgan fingerprint density at radius 3 is 2.20 bits per heavy atom. The fourth-order valence-electron chi connectivity index (χ4n) is 4.93. The average molecular weight is 416 g/mol. The fraction of sp³-hybridized carbons (Fsp3) is 0.727. The van der Waals surface area contributed by atoms with Crippen LogP contribution in [-0.4, -0.2) is 57.1 Å². The van der Waals surface area contributed by atoms with E-state index < -0.39 is 5.54 Å². The number of fused-ring (bicyclic) bond motifs is 1. The summed E-state index contributed by atoms with van der Waals surface area (Å²) in [6.45, 7) is 2.00. The lowest BCUT2D eigenvalue weighted by atomic mass is 9.95. The molecule has 8 heteroatoms. The standard InChI is InChI=1S/C22H33N5O3/c1-22(21(30)24-16-11-7-8-12-16)14-27-18(20(29)26(22)2)13-17(25-27)19(28)23-15-9-5-3-4-6-10-15/h13,15-16H,3-12,14H2,1-2H3,(H,23,28)(H,24,30)/t22-/m1/s1. The lowest BCUT2D eigenvalue weighted by molar-refractivity contribution is -0.133. The van der Waals surface area contributed by atoms with E-state index in [1.165, 1.54) is 22.4 Å². The minimum absolute atomic E-state index is 0.157. The van der Waals surface area contributed by atoms with Crippen molar-refractivity contribution in [1.29, 1.82) is 0 Å². The number of likely N-dealkylation sites (N-methyl/N-ethyl adjacent to an activating group) is 1. The van der Waals surface area contributed by atoms with Gasteiger partial charge in [-0.05, 0) is 32.6 Å². The van der Waals surface area contributed by atoms with Crippen LogP contribution in [-0.2, 0) is 11.3 Å². The minimum atomic E-state index is -1.03. The highest BCUT2D eigenvalue weighted by atomic mass is 16.2. The third-order valence-corrected chi connectivity index (χ3v) is 7.10. The number of aromatic nitrogens is 2. The van der Waals surface area contributed by atoms with Gasteiger partial charge in [-0.15, -0.1) is 0 Å². The zero-order chi connectivity index (χ0) is 21.3. The molecule has 2 fully saturated rings. The minimum Gasteiger partial charge on any atom is -0.351 e. The van der Waals surface area contributed by atoms with Crippen molar-refractivity contribution in [2.24, 2.45) is 0 Å². The summed E-state index contributed by atoms with van der Waals surface area (Å²) in [6.07, 6.45) is 10.9. The van der Waals surface area contributed by atoms with Crippen molar-refractivity contribution in [2.45, 2.75) is 95.3 Å². The molecular formula is C22H33N5O3. The molecule has 3 aliphatic rings. The Bertz CT molecular complexity index is 821. The van der Waals surface area contributed by atoms with Crippen LogP contribution < -0.4 is 10.6 Å². The van der Waals surface area contributed by atoms with E-state index in [1.807, 2.05) is 0 Å². The first-order valence-corrected chi connectivity index (χ1v) is 11.4. The maximum absolute atomic E-state index is 13.1. The molecule has 0 saturated heterocycles. The van der Waals surface area contributed by atoms with Crippen molar-refractivity contribution in [3.8, 4) is 0 Å². The van der Waals surface area contributed by atoms with Crippen LogP contribution in [0.1, 0.15) is 92.1 Å². The summed E-state index contributed by atoms with van der Waals surface area (Å²) >= 11 is 0. The van der Waals surface area contributed by atoms with E-state index in [0.29, 0.717) is 5.69 Å². The van der Waals surface area contributed by atoms with Gasteiger partial charge in [0.15, 0.2) is 5.69 Å². The summed E-state index contributed by atoms with van der Waals surface area (Å²) in [6, 6.07) is 1.90. The highest BCUT2D eigenvalue weighted by Crippen LogP contribution is 2.27. The van der Waals surface area contributed by atoms with Crippen LogP contribution in [0.5, 0.6) is 0 Å². The highest BCUT2D eigenvalue weighted by molar-refractivity contribution is 6.01. The summed E-state index contributed by atoms with van der Waals surface area (Å²) in [5.41, 5.74) is -0.431. The van der Waals surface area contributed by atoms with Crippen LogP contribution >= 0.6 is 0 Å². The number of rotatable bonds is 4. The SMILES string of the molecule is CN1C(=O)c2cc(C(=O)NC3CCCCCC3)nn2C[C@]1(C)C(=O)NC1CCCC1. The van der Waals surface area contributed by atoms with Gasteiger partial charge in [-0.2, -0.15) is 5.10 Å². The predicted octanol–water partition coefficient (Wildman–Crippen LogP) is 2.24. The number of nitrogens with zero attached hydrogens (tertiary/aromatic N) is 3. The number of hydrogen-bond donors (Lipinski definition) is 2. The molecule has 8 nitrogen and oxygen atoms in total. The Morgan fingerprint density at radius 1 is 1.00 bits per heavy atom. The molecule has 1 aliphatic heterocycles. The molecule has 1 atom stereocenters. The van der Waals surface area contributed by atoms with E-state index in [-0.39, 0.29) is 42.0 Å². The Morgan fingerprint density at radius 2 is 1.57 bits per heavy atom. The molecule has 2 saturated carbocycles. The van der Waals surface area contributed by atoms with E-state index in [1.54, 1.807) is 20.0 Å². The molecule has 4 rings (SSSR count). The first-order chi connectivity index (χ1) is 14.4. The number of carbonyl (C=O) groups excluding carboxylic acids is 3. The normalized spacial score (nSPS) is 25.7. The molecule has 0 bridgehead atoms. The van der Waals surface area contributed by atoms with Crippen molar-refractivity contribution in [3.63, 3.8) is 0 Å². The second-order valence-electron chi connectivity index (χ2n) is 9.33.